The molecule has 31 heavy (non-hydrogen) atoms. The number of benzene rings is 2. The molecular weight excluding hydrogens is 392 g/mol. The third-order valence-corrected chi connectivity index (χ3v) is 4.96. The van der Waals surface area contributed by atoms with E-state index < -0.39 is 6.04 Å². The van der Waals surface area contributed by atoms with Crippen LogP contribution in [0.15, 0.2) is 54.6 Å². The SMILES string of the molecule is CC(=O)c1c(C)[nH]c(C(=O)[C@H](C)Nc2cccc(NC(=O)Nc3ccccc3)c2)c1C. The number of carbonyl (C=O) groups excluding carboxylic acids is 3. The van der Waals surface area contributed by atoms with Crippen molar-refractivity contribution in [3.05, 3.63) is 77.1 Å². The van der Waals surface area contributed by atoms with Crippen molar-refractivity contribution in [1.29, 1.82) is 0 Å². The number of para-hydroxylation sites is 1. The Labute approximate surface area is 181 Å². The third kappa shape index (κ3) is 5.19. The second-order valence-electron chi connectivity index (χ2n) is 7.44. The smallest absolute Gasteiger partial charge is 0.323 e. The third-order valence-electron chi connectivity index (χ3n) is 4.96. The molecule has 7 heteroatoms. The summed E-state index contributed by atoms with van der Waals surface area (Å²) in [6.45, 7) is 6.81. The molecule has 4 N–H and O–H groups in total. The Hall–Kier alpha value is -3.87. The number of Topliss-reactive ketones (excluding diaryl/α,β-unsaturated/α-hetero) is 2. The Balaban J connectivity index is 1.67. The van der Waals surface area contributed by atoms with E-state index in [0.29, 0.717) is 39.6 Å². The van der Waals surface area contributed by atoms with Gasteiger partial charge < -0.3 is 20.9 Å². The van der Waals surface area contributed by atoms with Crippen molar-refractivity contribution in [3.63, 3.8) is 0 Å². The first-order chi connectivity index (χ1) is 14.8. The van der Waals surface area contributed by atoms with E-state index in [1.165, 1.54) is 6.92 Å². The van der Waals surface area contributed by atoms with Crippen LogP contribution in [-0.2, 0) is 0 Å². The number of hydrogen-bond donors (Lipinski definition) is 4. The highest BCUT2D eigenvalue weighted by atomic mass is 16.2. The molecule has 0 bridgehead atoms. The van der Waals surface area contributed by atoms with Crippen LogP contribution in [0.1, 0.15) is 46.0 Å². The zero-order valence-corrected chi connectivity index (χ0v) is 18.0. The first-order valence-electron chi connectivity index (χ1n) is 10.00. The molecule has 1 aromatic heterocycles. The van der Waals surface area contributed by atoms with Crippen molar-refractivity contribution in [2.45, 2.75) is 33.7 Å². The number of ketones is 2. The lowest BCUT2D eigenvalue weighted by Gasteiger charge is -2.15. The topological polar surface area (TPSA) is 103 Å². The van der Waals surface area contributed by atoms with Crippen LogP contribution in [0.3, 0.4) is 0 Å². The first-order valence-corrected chi connectivity index (χ1v) is 10.00. The van der Waals surface area contributed by atoms with E-state index in [9.17, 15) is 14.4 Å². The number of amides is 2. The van der Waals surface area contributed by atoms with Gasteiger partial charge >= 0.3 is 6.03 Å². The van der Waals surface area contributed by atoms with Crippen LogP contribution in [0.5, 0.6) is 0 Å². The fourth-order valence-corrected chi connectivity index (χ4v) is 3.56. The van der Waals surface area contributed by atoms with E-state index >= 15 is 0 Å². The number of rotatable bonds is 7. The molecule has 1 heterocycles. The molecule has 0 aliphatic rings. The average molecular weight is 418 g/mol. The average Bonchev–Trinajstić information content (AvgIpc) is 3.02. The number of aromatic nitrogens is 1. The minimum atomic E-state index is -0.537. The highest BCUT2D eigenvalue weighted by Gasteiger charge is 2.23. The van der Waals surface area contributed by atoms with Crippen molar-refractivity contribution in [2.75, 3.05) is 16.0 Å². The molecule has 160 valence electrons. The first kappa shape index (κ1) is 21.8. The van der Waals surface area contributed by atoms with Crippen LogP contribution in [0.25, 0.3) is 0 Å². The van der Waals surface area contributed by atoms with Crippen molar-refractivity contribution < 1.29 is 14.4 Å². The van der Waals surface area contributed by atoms with Crippen LogP contribution < -0.4 is 16.0 Å². The zero-order valence-electron chi connectivity index (χ0n) is 18.0. The molecule has 0 aliphatic carbocycles. The van der Waals surface area contributed by atoms with Crippen LogP contribution in [-0.4, -0.2) is 28.6 Å². The summed E-state index contributed by atoms with van der Waals surface area (Å²) in [5, 5.41) is 8.70. The lowest BCUT2D eigenvalue weighted by atomic mass is 10.0. The van der Waals surface area contributed by atoms with E-state index in [4.69, 9.17) is 0 Å². The maximum absolute atomic E-state index is 12.9. The fraction of sp³-hybridized carbons (Fsp3) is 0.208. The van der Waals surface area contributed by atoms with Crippen molar-refractivity contribution in [2.24, 2.45) is 0 Å². The van der Waals surface area contributed by atoms with Gasteiger partial charge in [0.1, 0.15) is 0 Å². The van der Waals surface area contributed by atoms with Gasteiger partial charge in [-0.25, -0.2) is 4.79 Å². The summed E-state index contributed by atoms with van der Waals surface area (Å²) in [6, 6.07) is 15.4. The number of aryl methyl sites for hydroxylation is 1. The summed E-state index contributed by atoms with van der Waals surface area (Å²) in [7, 11) is 0. The number of H-pyrrole nitrogens is 1. The summed E-state index contributed by atoms with van der Waals surface area (Å²) in [6.07, 6.45) is 0. The van der Waals surface area contributed by atoms with Crippen molar-refractivity contribution in [1.82, 2.24) is 4.98 Å². The predicted molar refractivity (Wildman–Crippen MR) is 123 cm³/mol. The quantitative estimate of drug-likeness (QED) is 0.398. The van der Waals surface area contributed by atoms with Gasteiger partial charge in [0.25, 0.3) is 0 Å². The van der Waals surface area contributed by atoms with Gasteiger partial charge in [0.05, 0.1) is 11.7 Å². The molecule has 0 aliphatic heterocycles. The van der Waals surface area contributed by atoms with Gasteiger partial charge in [-0.05, 0) is 63.6 Å². The number of aromatic amines is 1. The second-order valence-corrected chi connectivity index (χ2v) is 7.44. The highest BCUT2D eigenvalue weighted by Crippen LogP contribution is 2.22. The zero-order chi connectivity index (χ0) is 22.5. The molecule has 0 unspecified atom stereocenters. The van der Waals surface area contributed by atoms with Gasteiger partial charge in [-0.1, -0.05) is 24.3 Å². The summed E-state index contributed by atoms with van der Waals surface area (Å²) in [4.78, 5) is 40.0. The van der Waals surface area contributed by atoms with Gasteiger partial charge in [0, 0.05) is 28.3 Å². The molecule has 3 aromatic rings. The van der Waals surface area contributed by atoms with E-state index in [2.05, 4.69) is 20.9 Å². The van der Waals surface area contributed by atoms with Gasteiger partial charge in [-0.3, -0.25) is 9.59 Å². The molecule has 0 saturated heterocycles. The number of urea groups is 1. The van der Waals surface area contributed by atoms with Gasteiger partial charge in [-0.15, -0.1) is 0 Å². The molecule has 3 rings (SSSR count). The van der Waals surface area contributed by atoms with Gasteiger partial charge in [-0.2, -0.15) is 0 Å². The normalized spacial score (nSPS) is 11.5. The summed E-state index contributed by atoms with van der Waals surface area (Å²) in [5.41, 5.74) is 4.31. The highest BCUT2D eigenvalue weighted by molar-refractivity contribution is 6.06. The van der Waals surface area contributed by atoms with Crippen LogP contribution in [0.2, 0.25) is 0 Å². The van der Waals surface area contributed by atoms with Crippen molar-refractivity contribution >= 4 is 34.7 Å². The summed E-state index contributed by atoms with van der Waals surface area (Å²) < 4.78 is 0. The van der Waals surface area contributed by atoms with E-state index in [1.807, 2.05) is 24.3 Å². The van der Waals surface area contributed by atoms with E-state index in [0.717, 1.165) is 0 Å². The Bertz CT molecular complexity index is 1120. The molecule has 0 radical (unpaired) electrons. The summed E-state index contributed by atoms with van der Waals surface area (Å²) in [5.74, 6) is -0.216. The maximum atomic E-state index is 12.9. The molecule has 2 amide bonds. The Morgan fingerprint density at radius 1 is 0.871 bits per heavy atom. The van der Waals surface area contributed by atoms with E-state index in [-0.39, 0.29) is 17.6 Å². The Kier molecular flexibility index (Phi) is 6.55. The molecule has 1 atom stereocenters. The number of anilines is 3. The van der Waals surface area contributed by atoms with E-state index in [1.54, 1.807) is 51.1 Å². The molecule has 0 spiro atoms. The number of nitrogens with one attached hydrogen (secondary N) is 4. The fourth-order valence-electron chi connectivity index (χ4n) is 3.56. The lowest BCUT2D eigenvalue weighted by Crippen LogP contribution is -2.27. The molecule has 0 fully saturated rings. The monoisotopic (exact) mass is 418 g/mol. The Morgan fingerprint density at radius 3 is 2.13 bits per heavy atom. The molecule has 2 aromatic carbocycles. The van der Waals surface area contributed by atoms with Gasteiger partial charge in [0.2, 0.25) is 5.78 Å². The lowest BCUT2D eigenvalue weighted by molar-refractivity contribution is 0.0970. The van der Waals surface area contributed by atoms with Gasteiger partial charge in [0.15, 0.2) is 5.78 Å². The minimum Gasteiger partial charge on any atom is -0.375 e. The predicted octanol–water partition coefficient (Wildman–Crippen LogP) is 5.16. The standard InChI is InChI=1S/C24H26N4O3/c1-14-21(17(4)29)15(2)26-22(14)23(30)16(3)25-19-11-8-12-20(13-19)28-24(31)27-18-9-6-5-7-10-18/h5-13,16,25-26H,1-4H3,(H2,27,28,31)/t16-/m0/s1. The van der Waals surface area contributed by atoms with Crippen LogP contribution in [0, 0.1) is 13.8 Å². The van der Waals surface area contributed by atoms with Crippen LogP contribution in [0.4, 0.5) is 21.9 Å². The molecule has 0 saturated carbocycles. The van der Waals surface area contributed by atoms with Crippen molar-refractivity contribution in [3.8, 4) is 0 Å². The molecular formula is C24H26N4O3. The maximum Gasteiger partial charge on any atom is 0.323 e. The number of carbonyl (C=O) groups is 3. The molecule has 7 nitrogen and oxygen atoms in total. The Morgan fingerprint density at radius 2 is 1.48 bits per heavy atom. The minimum absolute atomic E-state index is 0.0709. The summed E-state index contributed by atoms with van der Waals surface area (Å²) >= 11 is 0. The number of hydrogen-bond acceptors (Lipinski definition) is 4. The van der Waals surface area contributed by atoms with Crippen LogP contribution >= 0.6 is 0 Å². The second kappa shape index (κ2) is 9.30. The largest absolute Gasteiger partial charge is 0.375 e.